The van der Waals surface area contributed by atoms with Crippen LogP contribution in [0.3, 0.4) is 0 Å². The molecule has 1 heterocycles. The molecule has 0 fully saturated rings. The number of para-hydroxylation sites is 1. The Labute approximate surface area is 124 Å². The first-order valence-electron chi connectivity index (χ1n) is 7.59. The zero-order valence-corrected chi connectivity index (χ0v) is 12.7. The van der Waals surface area contributed by atoms with Crippen molar-refractivity contribution in [2.24, 2.45) is 0 Å². The van der Waals surface area contributed by atoms with Crippen LogP contribution in [-0.2, 0) is 0 Å². The lowest BCUT2D eigenvalue weighted by molar-refractivity contribution is 0.253. The molecule has 0 aliphatic rings. The molecule has 4 nitrogen and oxygen atoms in total. The molecule has 114 valence electrons. The average Bonchev–Trinajstić information content (AvgIpc) is 2.49. The summed E-state index contributed by atoms with van der Waals surface area (Å²) >= 11 is 0. The van der Waals surface area contributed by atoms with Crippen molar-refractivity contribution in [3.63, 3.8) is 0 Å². The smallest absolute Gasteiger partial charge is 0.383 e. The Bertz CT molecular complexity index is 630. The molecule has 0 unspecified atom stereocenters. The molecule has 0 spiro atoms. The summed E-state index contributed by atoms with van der Waals surface area (Å²) in [5.74, 6) is 0.699. The summed E-state index contributed by atoms with van der Waals surface area (Å²) in [6, 6.07) is 7.37. The van der Waals surface area contributed by atoms with Gasteiger partial charge < -0.3 is 13.9 Å². The van der Waals surface area contributed by atoms with Crippen LogP contribution in [0.4, 0.5) is 0 Å². The van der Waals surface area contributed by atoms with Gasteiger partial charge >= 0.3 is 5.63 Å². The van der Waals surface area contributed by atoms with Crippen LogP contribution >= 0.6 is 0 Å². The molecule has 0 saturated heterocycles. The fourth-order valence-electron chi connectivity index (χ4n) is 2.01. The number of ether oxygens (including phenoxy) is 2. The van der Waals surface area contributed by atoms with Gasteiger partial charge in [-0.25, -0.2) is 4.79 Å². The van der Waals surface area contributed by atoms with Crippen molar-refractivity contribution in [2.45, 2.75) is 39.5 Å². The topological polar surface area (TPSA) is 48.7 Å². The summed E-state index contributed by atoms with van der Waals surface area (Å²) in [6.07, 6.45) is 3.86. The minimum absolute atomic E-state index is 0.193. The highest BCUT2D eigenvalue weighted by Crippen LogP contribution is 2.32. The van der Waals surface area contributed by atoms with Gasteiger partial charge in [-0.1, -0.05) is 38.8 Å². The Morgan fingerprint density at radius 3 is 2.24 bits per heavy atom. The summed E-state index contributed by atoms with van der Waals surface area (Å²) in [7, 11) is 0. The van der Waals surface area contributed by atoms with Gasteiger partial charge in [0.1, 0.15) is 5.58 Å². The first-order valence-corrected chi connectivity index (χ1v) is 7.59. The lowest BCUT2D eigenvalue weighted by atomic mass is 10.2. The molecule has 0 atom stereocenters. The molecule has 0 saturated carbocycles. The van der Waals surface area contributed by atoms with Gasteiger partial charge in [0.15, 0.2) is 5.75 Å². The molecular formula is C17H22O4. The Balaban J connectivity index is 2.40. The predicted molar refractivity (Wildman–Crippen MR) is 83.3 cm³/mol. The minimum atomic E-state index is -0.476. The van der Waals surface area contributed by atoms with Gasteiger partial charge in [-0.05, 0) is 25.0 Å². The lowest BCUT2D eigenvalue weighted by Crippen LogP contribution is -2.11. The zero-order chi connectivity index (χ0) is 15.1. The van der Waals surface area contributed by atoms with Gasteiger partial charge in [0.2, 0.25) is 5.75 Å². The fraction of sp³-hybridized carbons (Fsp3) is 0.471. The summed E-state index contributed by atoms with van der Waals surface area (Å²) in [6.45, 7) is 5.22. The van der Waals surface area contributed by atoms with Crippen molar-refractivity contribution in [3.8, 4) is 11.5 Å². The third kappa shape index (κ3) is 3.78. The normalized spacial score (nSPS) is 10.8. The summed E-state index contributed by atoms with van der Waals surface area (Å²) < 4.78 is 16.7. The van der Waals surface area contributed by atoms with E-state index in [0.717, 1.165) is 31.1 Å². The van der Waals surface area contributed by atoms with Gasteiger partial charge in [-0.2, -0.15) is 0 Å². The van der Waals surface area contributed by atoms with Crippen LogP contribution in [-0.4, -0.2) is 13.2 Å². The quantitative estimate of drug-likeness (QED) is 0.541. The van der Waals surface area contributed by atoms with Crippen LogP contribution < -0.4 is 15.1 Å². The Morgan fingerprint density at radius 1 is 0.952 bits per heavy atom. The van der Waals surface area contributed by atoms with E-state index < -0.39 is 5.63 Å². The van der Waals surface area contributed by atoms with Crippen LogP contribution in [0.2, 0.25) is 0 Å². The lowest BCUT2D eigenvalue weighted by Gasteiger charge is -2.13. The first kappa shape index (κ1) is 15.4. The molecule has 0 amide bonds. The van der Waals surface area contributed by atoms with Crippen molar-refractivity contribution in [1.82, 2.24) is 0 Å². The van der Waals surface area contributed by atoms with E-state index in [1.807, 2.05) is 18.2 Å². The highest BCUT2D eigenvalue weighted by atomic mass is 16.5. The highest BCUT2D eigenvalue weighted by molar-refractivity contribution is 5.85. The Kier molecular flexibility index (Phi) is 5.67. The maximum absolute atomic E-state index is 12.1. The van der Waals surface area contributed by atoms with E-state index in [9.17, 15) is 4.79 Å². The van der Waals surface area contributed by atoms with Gasteiger partial charge in [-0.3, -0.25) is 0 Å². The second-order valence-corrected chi connectivity index (χ2v) is 4.95. The molecule has 1 aromatic heterocycles. The monoisotopic (exact) mass is 290 g/mol. The summed E-state index contributed by atoms with van der Waals surface area (Å²) in [5, 5.41) is 0.778. The standard InChI is InChI=1S/C17H22O4/c1-3-5-11-19-15-13-9-7-8-10-14(13)21-17(18)16(15)20-12-6-4-2/h7-10H,3-6,11-12H2,1-2H3. The van der Waals surface area contributed by atoms with Gasteiger partial charge in [-0.15, -0.1) is 0 Å². The molecule has 21 heavy (non-hydrogen) atoms. The second kappa shape index (κ2) is 7.72. The third-order valence-corrected chi connectivity index (χ3v) is 3.21. The maximum Gasteiger partial charge on any atom is 0.383 e. The molecule has 1 aromatic carbocycles. The molecule has 0 aliphatic heterocycles. The van der Waals surface area contributed by atoms with E-state index in [-0.39, 0.29) is 5.75 Å². The Hall–Kier alpha value is -1.97. The number of fused-ring (bicyclic) bond motifs is 1. The van der Waals surface area contributed by atoms with Crippen LogP contribution in [0.5, 0.6) is 11.5 Å². The van der Waals surface area contributed by atoms with Crippen LogP contribution in [0, 0.1) is 0 Å². The van der Waals surface area contributed by atoms with Gasteiger partial charge in [0, 0.05) is 0 Å². The van der Waals surface area contributed by atoms with Gasteiger partial charge in [0.25, 0.3) is 0 Å². The largest absolute Gasteiger partial charge is 0.489 e. The van der Waals surface area contributed by atoms with Crippen LogP contribution in [0.25, 0.3) is 11.0 Å². The molecule has 0 N–H and O–H groups in total. The average molecular weight is 290 g/mol. The molecular weight excluding hydrogens is 268 g/mol. The van der Waals surface area contributed by atoms with Gasteiger partial charge in [0.05, 0.1) is 18.6 Å². The van der Waals surface area contributed by atoms with Crippen molar-refractivity contribution < 1.29 is 13.9 Å². The SMILES string of the molecule is CCCCOc1c(OCCCC)c2ccccc2oc1=O. The molecule has 0 aliphatic carbocycles. The van der Waals surface area contributed by atoms with E-state index >= 15 is 0 Å². The number of unbranched alkanes of at least 4 members (excludes halogenated alkanes) is 2. The minimum Gasteiger partial charge on any atom is -0.489 e. The predicted octanol–water partition coefficient (Wildman–Crippen LogP) is 4.15. The van der Waals surface area contributed by atoms with E-state index in [1.54, 1.807) is 6.07 Å². The first-order chi connectivity index (χ1) is 10.3. The maximum atomic E-state index is 12.1. The Morgan fingerprint density at radius 2 is 1.57 bits per heavy atom. The number of hydrogen-bond acceptors (Lipinski definition) is 4. The third-order valence-electron chi connectivity index (χ3n) is 3.21. The zero-order valence-electron chi connectivity index (χ0n) is 12.7. The van der Waals surface area contributed by atoms with Crippen LogP contribution in [0.1, 0.15) is 39.5 Å². The van der Waals surface area contributed by atoms with E-state index in [0.29, 0.717) is 24.5 Å². The van der Waals surface area contributed by atoms with Crippen LogP contribution in [0.15, 0.2) is 33.5 Å². The molecule has 2 rings (SSSR count). The molecule has 4 heteroatoms. The number of rotatable bonds is 8. The van der Waals surface area contributed by atoms with Crippen molar-refractivity contribution in [1.29, 1.82) is 0 Å². The molecule has 0 bridgehead atoms. The fourth-order valence-corrected chi connectivity index (χ4v) is 2.01. The van der Waals surface area contributed by atoms with Crippen molar-refractivity contribution in [3.05, 3.63) is 34.7 Å². The van der Waals surface area contributed by atoms with Crippen molar-refractivity contribution >= 4 is 11.0 Å². The number of benzene rings is 1. The molecule has 0 radical (unpaired) electrons. The summed E-state index contributed by atoms with van der Waals surface area (Å²) in [4.78, 5) is 12.1. The number of hydrogen-bond donors (Lipinski definition) is 0. The van der Waals surface area contributed by atoms with E-state index in [1.165, 1.54) is 0 Å². The second-order valence-electron chi connectivity index (χ2n) is 4.95. The molecule has 2 aromatic rings. The van der Waals surface area contributed by atoms with E-state index in [4.69, 9.17) is 13.9 Å². The van der Waals surface area contributed by atoms with E-state index in [2.05, 4.69) is 13.8 Å². The summed E-state index contributed by atoms with van der Waals surface area (Å²) in [5.41, 5.74) is 0.0492. The van der Waals surface area contributed by atoms with Crippen molar-refractivity contribution in [2.75, 3.05) is 13.2 Å². The highest BCUT2D eigenvalue weighted by Gasteiger charge is 2.17.